The molecular formula is C14H12N2O2S. The summed E-state index contributed by atoms with van der Waals surface area (Å²) in [5.74, 6) is 0. The zero-order valence-electron chi connectivity index (χ0n) is 10.3. The van der Waals surface area contributed by atoms with Gasteiger partial charge in [-0.25, -0.2) is 8.42 Å². The molecule has 0 N–H and O–H groups in total. The van der Waals surface area contributed by atoms with Crippen molar-refractivity contribution in [2.75, 3.05) is 11.4 Å². The lowest BCUT2D eigenvalue weighted by molar-refractivity contribution is 0.605. The third-order valence-electron chi connectivity index (χ3n) is 3.15. The van der Waals surface area contributed by atoms with Crippen LogP contribution >= 0.6 is 0 Å². The summed E-state index contributed by atoms with van der Waals surface area (Å²) in [6.07, 6.45) is 4.96. The largest absolute Gasteiger partial charge is 0.269 e. The van der Waals surface area contributed by atoms with Crippen LogP contribution in [0.3, 0.4) is 0 Å². The van der Waals surface area contributed by atoms with E-state index >= 15 is 0 Å². The summed E-state index contributed by atoms with van der Waals surface area (Å²) in [7, 11) is -1.88. The van der Waals surface area contributed by atoms with E-state index in [-0.39, 0.29) is 0 Å². The monoisotopic (exact) mass is 272 g/mol. The summed E-state index contributed by atoms with van der Waals surface area (Å²) in [6.45, 7) is 0. The molecule has 96 valence electrons. The van der Waals surface area contributed by atoms with Gasteiger partial charge in [-0.15, -0.1) is 0 Å². The first-order valence-electron chi connectivity index (χ1n) is 5.81. The summed E-state index contributed by atoms with van der Waals surface area (Å²) in [4.78, 5) is 4.26. The van der Waals surface area contributed by atoms with E-state index in [0.717, 1.165) is 11.1 Å². The molecule has 0 aliphatic carbocycles. The molecule has 0 saturated carbocycles. The number of nitrogens with zero attached hydrogens (tertiary/aromatic N) is 2. The molecule has 0 fully saturated rings. The molecular weight excluding hydrogens is 260 g/mol. The van der Waals surface area contributed by atoms with Gasteiger partial charge in [-0.05, 0) is 29.8 Å². The highest BCUT2D eigenvalue weighted by atomic mass is 32.2. The molecule has 19 heavy (non-hydrogen) atoms. The second kappa shape index (κ2) is 4.20. The number of fused-ring (bicyclic) bond motifs is 1. The van der Waals surface area contributed by atoms with Crippen LogP contribution in [0.4, 0.5) is 5.69 Å². The van der Waals surface area contributed by atoms with Gasteiger partial charge in [0.2, 0.25) is 0 Å². The van der Waals surface area contributed by atoms with Crippen molar-refractivity contribution in [2.24, 2.45) is 0 Å². The lowest BCUT2D eigenvalue weighted by atomic mass is 10.1. The van der Waals surface area contributed by atoms with Gasteiger partial charge in [0.15, 0.2) is 0 Å². The van der Waals surface area contributed by atoms with Gasteiger partial charge in [-0.2, -0.15) is 0 Å². The highest BCUT2D eigenvalue weighted by Gasteiger charge is 2.35. The first-order chi connectivity index (χ1) is 9.10. The van der Waals surface area contributed by atoms with Crippen LogP contribution in [0.25, 0.3) is 11.0 Å². The van der Waals surface area contributed by atoms with Crippen LogP contribution in [0.5, 0.6) is 0 Å². The predicted octanol–water partition coefficient (Wildman–Crippen LogP) is 2.36. The van der Waals surface area contributed by atoms with Crippen molar-refractivity contribution >= 4 is 26.7 Å². The minimum atomic E-state index is -3.45. The van der Waals surface area contributed by atoms with Crippen LogP contribution in [0.1, 0.15) is 11.1 Å². The van der Waals surface area contributed by atoms with E-state index in [1.807, 2.05) is 18.2 Å². The second-order valence-corrected chi connectivity index (χ2v) is 6.22. The summed E-state index contributed by atoms with van der Waals surface area (Å²) < 4.78 is 26.1. The van der Waals surface area contributed by atoms with Crippen molar-refractivity contribution in [3.8, 4) is 0 Å². The van der Waals surface area contributed by atoms with Crippen molar-refractivity contribution < 1.29 is 8.42 Å². The third-order valence-corrected chi connectivity index (χ3v) is 4.96. The van der Waals surface area contributed by atoms with Gasteiger partial charge in [-0.3, -0.25) is 9.29 Å². The lowest BCUT2D eigenvalue weighted by Gasteiger charge is -2.10. The smallest absolute Gasteiger partial charge is 0.264 e. The molecule has 2 heterocycles. The van der Waals surface area contributed by atoms with E-state index in [1.54, 1.807) is 43.7 Å². The van der Waals surface area contributed by atoms with E-state index in [0.29, 0.717) is 10.6 Å². The Hall–Kier alpha value is -2.14. The normalized spacial score (nSPS) is 18.6. The van der Waals surface area contributed by atoms with Crippen molar-refractivity contribution in [3.63, 3.8) is 0 Å². The van der Waals surface area contributed by atoms with Gasteiger partial charge in [0.25, 0.3) is 10.0 Å². The van der Waals surface area contributed by atoms with Gasteiger partial charge in [0, 0.05) is 25.0 Å². The Bertz CT molecular complexity index is 752. The second-order valence-electron chi connectivity index (χ2n) is 4.28. The highest BCUT2D eigenvalue weighted by Crippen LogP contribution is 2.41. The van der Waals surface area contributed by atoms with E-state index in [1.165, 1.54) is 4.31 Å². The molecule has 1 aliphatic heterocycles. The Morgan fingerprint density at radius 3 is 2.53 bits per heavy atom. The minimum Gasteiger partial charge on any atom is -0.269 e. The van der Waals surface area contributed by atoms with Gasteiger partial charge < -0.3 is 0 Å². The van der Waals surface area contributed by atoms with Crippen LogP contribution in [-0.4, -0.2) is 20.4 Å². The molecule has 1 aromatic carbocycles. The zero-order valence-corrected chi connectivity index (χ0v) is 11.1. The molecule has 0 spiro atoms. The maximum Gasteiger partial charge on any atom is 0.264 e. The molecule has 0 saturated heterocycles. The molecule has 0 radical (unpaired) electrons. The van der Waals surface area contributed by atoms with Crippen molar-refractivity contribution in [1.29, 1.82) is 0 Å². The van der Waals surface area contributed by atoms with Gasteiger partial charge >= 0.3 is 0 Å². The number of hydrogen-bond acceptors (Lipinski definition) is 3. The van der Waals surface area contributed by atoms with E-state index in [4.69, 9.17) is 0 Å². The SMILES string of the molecule is CN1c2ccccc2/C(=C/c2ccncc2)S1(=O)=O. The lowest BCUT2D eigenvalue weighted by Crippen LogP contribution is -2.20. The van der Waals surface area contributed by atoms with E-state index in [9.17, 15) is 8.42 Å². The number of anilines is 1. The average molecular weight is 272 g/mol. The van der Waals surface area contributed by atoms with Crippen LogP contribution in [0.2, 0.25) is 0 Å². The standard InChI is InChI=1S/C14H12N2O2S/c1-16-13-5-3-2-4-12(13)14(19(16,17)18)10-11-6-8-15-9-7-11/h2-10H,1H3/b14-10-. The fourth-order valence-corrected chi connectivity index (χ4v) is 3.58. The molecule has 0 amide bonds. The Morgan fingerprint density at radius 1 is 1.11 bits per heavy atom. The average Bonchev–Trinajstić information content (AvgIpc) is 2.62. The first kappa shape index (κ1) is 11.9. The fourth-order valence-electron chi connectivity index (χ4n) is 2.14. The number of pyridine rings is 1. The molecule has 0 bridgehead atoms. The zero-order chi connectivity index (χ0) is 13.5. The maximum atomic E-state index is 12.4. The van der Waals surface area contributed by atoms with Crippen LogP contribution in [-0.2, 0) is 10.0 Å². The van der Waals surface area contributed by atoms with Crippen molar-refractivity contribution in [2.45, 2.75) is 0 Å². The van der Waals surface area contributed by atoms with Crippen LogP contribution in [0, 0.1) is 0 Å². The van der Waals surface area contributed by atoms with Crippen molar-refractivity contribution in [1.82, 2.24) is 4.98 Å². The molecule has 2 aromatic rings. The number of hydrogen-bond donors (Lipinski definition) is 0. The number of benzene rings is 1. The van der Waals surface area contributed by atoms with Gasteiger partial charge in [0.05, 0.1) is 10.6 Å². The highest BCUT2D eigenvalue weighted by molar-refractivity contribution is 8.02. The number of sulfonamides is 1. The fraction of sp³-hybridized carbons (Fsp3) is 0.0714. The molecule has 0 unspecified atom stereocenters. The maximum absolute atomic E-state index is 12.4. The summed E-state index contributed by atoms with van der Waals surface area (Å²) in [5.41, 5.74) is 2.27. The van der Waals surface area contributed by atoms with E-state index in [2.05, 4.69) is 4.98 Å². The Labute approximate surface area is 112 Å². The Morgan fingerprint density at radius 2 is 1.79 bits per heavy atom. The summed E-state index contributed by atoms with van der Waals surface area (Å²) in [6, 6.07) is 10.9. The van der Waals surface area contributed by atoms with Crippen LogP contribution < -0.4 is 4.31 Å². The molecule has 1 aromatic heterocycles. The van der Waals surface area contributed by atoms with Crippen molar-refractivity contribution in [3.05, 3.63) is 59.9 Å². The molecule has 1 aliphatic rings. The Kier molecular flexibility index (Phi) is 2.64. The van der Waals surface area contributed by atoms with E-state index < -0.39 is 10.0 Å². The number of rotatable bonds is 1. The third kappa shape index (κ3) is 1.82. The topological polar surface area (TPSA) is 50.3 Å². The van der Waals surface area contributed by atoms with Gasteiger partial charge in [-0.1, -0.05) is 18.2 Å². The Balaban J connectivity index is 2.24. The molecule has 5 heteroatoms. The summed E-state index contributed by atoms with van der Waals surface area (Å²) in [5, 5.41) is 0. The number of para-hydroxylation sites is 1. The van der Waals surface area contributed by atoms with Gasteiger partial charge in [0.1, 0.15) is 0 Å². The predicted molar refractivity (Wildman–Crippen MR) is 75.9 cm³/mol. The number of aromatic nitrogens is 1. The van der Waals surface area contributed by atoms with Crippen LogP contribution in [0.15, 0.2) is 48.8 Å². The summed E-state index contributed by atoms with van der Waals surface area (Å²) >= 11 is 0. The molecule has 0 atom stereocenters. The minimum absolute atomic E-state index is 0.330. The molecule has 3 rings (SSSR count). The molecule has 4 nitrogen and oxygen atoms in total. The first-order valence-corrected chi connectivity index (χ1v) is 7.25. The quantitative estimate of drug-likeness (QED) is 0.800.